The van der Waals surface area contributed by atoms with Crippen molar-refractivity contribution in [1.29, 1.82) is 0 Å². The summed E-state index contributed by atoms with van der Waals surface area (Å²) in [6, 6.07) is 19.4. The molecule has 3 aromatic rings. The lowest BCUT2D eigenvalue weighted by Crippen LogP contribution is -2.25. The average molecular weight is 323 g/mol. The molecule has 1 aromatic heterocycles. The summed E-state index contributed by atoms with van der Waals surface area (Å²) in [5, 5.41) is 7.64. The van der Waals surface area contributed by atoms with E-state index in [1.54, 1.807) is 18.2 Å². The van der Waals surface area contributed by atoms with E-state index < -0.39 is 0 Å². The van der Waals surface area contributed by atoms with Crippen LogP contribution in [0.3, 0.4) is 0 Å². The van der Waals surface area contributed by atoms with E-state index in [4.69, 9.17) is 0 Å². The van der Waals surface area contributed by atoms with Gasteiger partial charge >= 0.3 is 0 Å². The Hall–Kier alpha value is -2.79. The second-order valence-electron chi connectivity index (χ2n) is 5.54. The van der Waals surface area contributed by atoms with Gasteiger partial charge in [0, 0.05) is 19.2 Å². The third-order valence-corrected chi connectivity index (χ3v) is 3.65. The Morgan fingerprint density at radius 1 is 0.875 bits per heavy atom. The molecule has 0 saturated carbocycles. The molecular formula is C19H18FN3O. The summed E-state index contributed by atoms with van der Waals surface area (Å²) < 4.78 is 14.3. The van der Waals surface area contributed by atoms with E-state index >= 15 is 0 Å². The predicted molar refractivity (Wildman–Crippen MR) is 91.0 cm³/mol. The van der Waals surface area contributed by atoms with E-state index in [1.165, 1.54) is 22.9 Å². The lowest BCUT2D eigenvalue weighted by atomic mass is 10.2. The van der Waals surface area contributed by atoms with Crippen LogP contribution >= 0.6 is 0 Å². The number of benzene rings is 2. The monoisotopic (exact) mass is 323 g/mol. The largest absolute Gasteiger partial charge is 0.307 e. The van der Waals surface area contributed by atoms with Crippen LogP contribution in [-0.2, 0) is 19.6 Å². The van der Waals surface area contributed by atoms with E-state index in [-0.39, 0.29) is 11.4 Å². The Labute approximate surface area is 139 Å². The van der Waals surface area contributed by atoms with Crippen LogP contribution in [-0.4, -0.2) is 9.78 Å². The molecule has 2 aromatic carbocycles. The van der Waals surface area contributed by atoms with Crippen LogP contribution in [0.2, 0.25) is 0 Å². The molecule has 0 aliphatic heterocycles. The van der Waals surface area contributed by atoms with E-state index in [1.807, 2.05) is 30.3 Å². The number of halogens is 1. The van der Waals surface area contributed by atoms with Gasteiger partial charge in [-0.3, -0.25) is 4.79 Å². The molecule has 4 nitrogen and oxygen atoms in total. The molecule has 1 heterocycles. The SMILES string of the molecule is O=c1ccc(CNCc2ccc(F)cc2)nn1Cc1ccccc1. The molecule has 0 aliphatic rings. The first-order chi connectivity index (χ1) is 11.7. The second-order valence-corrected chi connectivity index (χ2v) is 5.54. The summed E-state index contributed by atoms with van der Waals surface area (Å²) in [6.07, 6.45) is 0. The van der Waals surface area contributed by atoms with E-state index in [0.717, 1.165) is 16.8 Å². The zero-order valence-electron chi connectivity index (χ0n) is 13.2. The van der Waals surface area contributed by atoms with Gasteiger partial charge in [-0.15, -0.1) is 0 Å². The van der Waals surface area contributed by atoms with Gasteiger partial charge in [0.05, 0.1) is 12.2 Å². The minimum atomic E-state index is -0.242. The van der Waals surface area contributed by atoms with Gasteiger partial charge in [-0.25, -0.2) is 9.07 Å². The third kappa shape index (κ3) is 4.36. The van der Waals surface area contributed by atoms with Gasteiger partial charge in [-0.2, -0.15) is 5.10 Å². The molecule has 0 aliphatic carbocycles. The van der Waals surface area contributed by atoms with Crippen molar-refractivity contribution in [3.05, 3.63) is 99.7 Å². The molecule has 24 heavy (non-hydrogen) atoms. The van der Waals surface area contributed by atoms with Crippen LogP contribution in [0, 0.1) is 5.82 Å². The lowest BCUT2D eigenvalue weighted by molar-refractivity contribution is 0.590. The Balaban J connectivity index is 1.63. The molecule has 1 N–H and O–H groups in total. The van der Waals surface area contributed by atoms with Gasteiger partial charge in [0.25, 0.3) is 5.56 Å². The minimum Gasteiger partial charge on any atom is -0.307 e. The molecule has 0 saturated heterocycles. The maximum absolute atomic E-state index is 12.9. The van der Waals surface area contributed by atoms with Crippen molar-refractivity contribution in [2.24, 2.45) is 0 Å². The highest BCUT2D eigenvalue weighted by molar-refractivity contribution is 5.16. The maximum atomic E-state index is 12.9. The maximum Gasteiger partial charge on any atom is 0.267 e. The average Bonchev–Trinajstić information content (AvgIpc) is 2.60. The minimum absolute atomic E-state index is 0.124. The third-order valence-electron chi connectivity index (χ3n) is 3.65. The van der Waals surface area contributed by atoms with Gasteiger partial charge in [-0.1, -0.05) is 42.5 Å². The number of nitrogens with one attached hydrogen (secondary N) is 1. The highest BCUT2D eigenvalue weighted by Gasteiger charge is 2.02. The quantitative estimate of drug-likeness (QED) is 0.759. The van der Waals surface area contributed by atoms with Crippen molar-refractivity contribution < 1.29 is 4.39 Å². The molecular weight excluding hydrogens is 305 g/mol. The fraction of sp³-hybridized carbons (Fsp3) is 0.158. The lowest BCUT2D eigenvalue weighted by Gasteiger charge is -2.08. The fourth-order valence-corrected chi connectivity index (χ4v) is 2.39. The predicted octanol–water partition coefficient (Wildman–Crippen LogP) is 2.72. The first-order valence-electron chi connectivity index (χ1n) is 7.77. The van der Waals surface area contributed by atoms with Crippen LogP contribution < -0.4 is 10.9 Å². The Morgan fingerprint density at radius 2 is 1.62 bits per heavy atom. The Bertz CT molecular complexity index is 844. The zero-order chi connectivity index (χ0) is 16.8. The summed E-state index contributed by atoms with van der Waals surface area (Å²) in [5.41, 5.74) is 2.69. The van der Waals surface area contributed by atoms with E-state index in [2.05, 4.69) is 10.4 Å². The van der Waals surface area contributed by atoms with Crippen molar-refractivity contribution >= 4 is 0 Å². The first kappa shape index (κ1) is 16.1. The van der Waals surface area contributed by atoms with Gasteiger partial charge < -0.3 is 5.32 Å². The van der Waals surface area contributed by atoms with Crippen LogP contribution in [0.5, 0.6) is 0 Å². The summed E-state index contributed by atoms with van der Waals surface area (Å²) in [6.45, 7) is 1.59. The van der Waals surface area contributed by atoms with Crippen LogP contribution in [0.4, 0.5) is 4.39 Å². The molecule has 5 heteroatoms. The van der Waals surface area contributed by atoms with Gasteiger partial charge in [0.15, 0.2) is 0 Å². The van der Waals surface area contributed by atoms with Gasteiger partial charge in [0.2, 0.25) is 0 Å². The number of hydrogen-bond acceptors (Lipinski definition) is 3. The molecule has 0 bridgehead atoms. The molecule has 0 unspecified atom stereocenters. The molecule has 122 valence electrons. The smallest absolute Gasteiger partial charge is 0.267 e. The summed E-state index contributed by atoms with van der Waals surface area (Å²) >= 11 is 0. The van der Waals surface area contributed by atoms with Crippen molar-refractivity contribution in [2.75, 3.05) is 0 Å². The van der Waals surface area contributed by atoms with Crippen LogP contribution in [0.15, 0.2) is 71.5 Å². The molecule has 0 radical (unpaired) electrons. The van der Waals surface area contributed by atoms with Crippen molar-refractivity contribution in [2.45, 2.75) is 19.6 Å². The summed E-state index contributed by atoms with van der Waals surface area (Å²) in [4.78, 5) is 11.9. The molecule has 0 fully saturated rings. The van der Waals surface area contributed by atoms with E-state index in [9.17, 15) is 9.18 Å². The standard InChI is InChI=1S/C19H18FN3O/c20-17-8-6-15(7-9-17)12-21-13-18-10-11-19(24)23(22-18)14-16-4-2-1-3-5-16/h1-11,21H,12-14H2. The number of hydrogen-bond donors (Lipinski definition) is 1. The van der Waals surface area contributed by atoms with Gasteiger partial charge in [0.1, 0.15) is 5.82 Å². The first-order valence-corrected chi connectivity index (χ1v) is 7.77. The highest BCUT2D eigenvalue weighted by Crippen LogP contribution is 2.03. The molecule has 0 amide bonds. The van der Waals surface area contributed by atoms with Gasteiger partial charge in [-0.05, 0) is 29.3 Å². The summed E-state index contributed by atoms with van der Waals surface area (Å²) in [5.74, 6) is -0.242. The van der Waals surface area contributed by atoms with Crippen molar-refractivity contribution in [3.8, 4) is 0 Å². The normalized spacial score (nSPS) is 10.7. The Kier molecular flexibility index (Phi) is 5.13. The fourth-order valence-electron chi connectivity index (χ4n) is 2.39. The van der Waals surface area contributed by atoms with Crippen molar-refractivity contribution in [1.82, 2.24) is 15.1 Å². The van der Waals surface area contributed by atoms with Crippen LogP contribution in [0.25, 0.3) is 0 Å². The Morgan fingerprint density at radius 3 is 2.38 bits per heavy atom. The topological polar surface area (TPSA) is 46.9 Å². The molecule has 0 atom stereocenters. The summed E-state index contributed by atoms with van der Waals surface area (Å²) in [7, 11) is 0. The van der Waals surface area contributed by atoms with Crippen molar-refractivity contribution in [3.63, 3.8) is 0 Å². The number of rotatable bonds is 6. The molecule has 0 spiro atoms. The van der Waals surface area contributed by atoms with E-state index in [0.29, 0.717) is 19.6 Å². The molecule has 3 rings (SSSR count). The number of nitrogens with zero attached hydrogens (tertiary/aromatic N) is 2. The number of aromatic nitrogens is 2. The zero-order valence-corrected chi connectivity index (χ0v) is 13.2. The highest BCUT2D eigenvalue weighted by atomic mass is 19.1. The van der Waals surface area contributed by atoms with Crippen LogP contribution in [0.1, 0.15) is 16.8 Å². The second kappa shape index (κ2) is 7.66.